The SMILES string of the molecule is C[C@H](CCOC(=O)c1cc([N+](=O)[O-])cc([N+](=O)[O-])c1)CCc1ccccc1. The first kappa shape index (κ1) is 20.0. The number of aryl methyl sites for hydroxylation is 1. The smallest absolute Gasteiger partial charge is 0.338 e. The number of carbonyl (C=O) groups excluding carboxylic acids is 1. The van der Waals surface area contributed by atoms with E-state index in [-0.39, 0.29) is 12.2 Å². The Morgan fingerprint density at radius 1 is 1.00 bits per heavy atom. The lowest BCUT2D eigenvalue weighted by atomic mass is 9.99. The van der Waals surface area contributed by atoms with Gasteiger partial charge in [0.05, 0.1) is 28.1 Å². The second-order valence-electron chi connectivity index (χ2n) is 6.31. The van der Waals surface area contributed by atoms with Crippen LogP contribution in [0.5, 0.6) is 0 Å². The van der Waals surface area contributed by atoms with Gasteiger partial charge in [-0.1, -0.05) is 37.3 Å². The van der Waals surface area contributed by atoms with E-state index in [0.29, 0.717) is 12.3 Å². The first-order valence-electron chi connectivity index (χ1n) is 8.51. The van der Waals surface area contributed by atoms with E-state index in [1.54, 1.807) is 0 Å². The highest BCUT2D eigenvalue weighted by Crippen LogP contribution is 2.23. The van der Waals surface area contributed by atoms with Crippen LogP contribution in [-0.4, -0.2) is 22.4 Å². The summed E-state index contributed by atoms with van der Waals surface area (Å²) < 4.78 is 5.14. The molecule has 0 fully saturated rings. The largest absolute Gasteiger partial charge is 0.462 e. The molecule has 2 aromatic rings. The van der Waals surface area contributed by atoms with E-state index >= 15 is 0 Å². The van der Waals surface area contributed by atoms with Crippen molar-refractivity contribution in [3.05, 3.63) is 79.9 Å². The Morgan fingerprint density at radius 3 is 2.15 bits per heavy atom. The number of nitrogens with zero attached hydrogens (tertiary/aromatic N) is 2. The highest BCUT2D eigenvalue weighted by Gasteiger charge is 2.20. The van der Waals surface area contributed by atoms with Crippen molar-refractivity contribution in [2.75, 3.05) is 6.61 Å². The van der Waals surface area contributed by atoms with Crippen LogP contribution in [0.3, 0.4) is 0 Å². The molecule has 0 aliphatic rings. The van der Waals surface area contributed by atoms with Gasteiger partial charge in [-0.3, -0.25) is 20.2 Å². The number of benzene rings is 2. The van der Waals surface area contributed by atoms with Crippen LogP contribution in [-0.2, 0) is 11.2 Å². The number of non-ortho nitro benzene ring substituents is 2. The average Bonchev–Trinajstić information content (AvgIpc) is 2.66. The average molecular weight is 372 g/mol. The van der Waals surface area contributed by atoms with Gasteiger partial charge >= 0.3 is 5.97 Å². The van der Waals surface area contributed by atoms with Crippen molar-refractivity contribution in [3.63, 3.8) is 0 Å². The van der Waals surface area contributed by atoms with Gasteiger partial charge in [0.15, 0.2) is 0 Å². The molecular weight excluding hydrogens is 352 g/mol. The molecule has 0 aliphatic carbocycles. The minimum absolute atomic E-state index is 0.144. The normalized spacial score (nSPS) is 11.6. The van der Waals surface area contributed by atoms with Crippen molar-refractivity contribution in [2.24, 2.45) is 5.92 Å². The first-order valence-corrected chi connectivity index (χ1v) is 8.51. The summed E-state index contributed by atoms with van der Waals surface area (Å²) in [5.74, 6) is -0.491. The third-order valence-corrected chi connectivity index (χ3v) is 4.17. The summed E-state index contributed by atoms with van der Waals surface area (Å²) >= 11 is 0. The lowest BCUT2D eigenvalue weighted by Gasteiger charge is -2.11. The zero-order valence-electron chi connectivity index (χ0n) is 14.9. The van der Waals surface area contributed by atoms with E-state index < -0.39 is 27.2 Å². The summed E-state index contributed by atoms with van der Waals surface area (Å²) in [7, 11) is 0. The summed E-state index contributed by atoms with van der Waals surface area (Å²) in [5, 5.41) is 21.7. The Balaban J connectivity index is 1.88. The van der Waals surface area contributed by atoms with Crippen LogP contribution in [0.4, 0.5) is 11.4 Å². The number of nitro benzene ring substituents is 2. The molecule has 0 saturated heterocycles. The first-order chi connectivity index (χ1) is 12.9. The summed E-state index contributed by atoms with van der Waals surface area (Å²) in [4.78, 5) is 32.3. The van der Waals surface area contributed by atoms with Crippen LogP contribution in [0.2, 0.25) is 0 Å². The van der Waals surface area contributed by atoms with Gasteiger partial charge in [-0.25, -0.2) is 4.79 Å². The van der Waals surface area contributed by atoms with Gasteiger partial charge in [-0.05, 0) is 30.7 Å². The van der Waals surface area contributed by atoms with Gasteiger partial charge in [0.2, 0.25) is 0 Å². The predicted molar refractivity (Wildman–Crippen MR) is 98.6 cm³/mol. The molecule has 0 aliphatic heterocycles. The van der Waals surface area contributed by atoms with Gasteiger partial charge in [0.1, 0.15) is 0 Å². The van der Waals surface area contributed by atoms with Gasteiger partial charge in [-0.2, -0.15) is 0 Å². The molecule has 2 aromatic carbocycles. The Bertz CT molecular complexity index is 790. The highest BCUT2D eigenvalue weighted by molar-refractivity contribution is 5.91. The van der Waals surface area contributed by atoms with E-state index in [1.807, 2.05) is 18.2 Å². The molecule has 1 atom stereocenters. The molecule has 0 N–H and O–H groups in total. The Labute approximate surface area is 156 Å². The molecule has 0 heterocycles. The van der Waals surface area contributed by atoms with Crippen molar-refractivity contribution >= 4 is 17.3 Å². The standard InChI is InChI=1S/C19H20N2O6/c1-14(7-8-15-5-3-2-4-6-15)9-10-27-19(22)16-11-17(20(23)24)13-18(12-16)21(25)26/h2-6,11-14H,7-10H2,1H3/t14-/m0/s1. The number of nitro groups is 2. The highest BCUT2D eigenvalue weighted by atomic mass is 16.6. The number of carbonyl (C=O) groups is 1. The molecule has 2 rings (SSSR count). The number of esters is 1. The summed E-state index contributed by atoms with van der Waals surface area (Å²) in [5.41, 5.74) is -0.00199. The van der Waals surface area contributed by atoms with E-state index in [1.165, 1.54) is 5.56 Å². The number of rotatable bonds is 9. The van der Waals surface area contributed by atoms with Gasteiger partial charge in [0.25, 0.3) is 11.4 Å². The minimum Gasteiger partial charge on any atom is -0.462 e. The third-order valence-electron chi connectivity index (χ3n) is 4.17. The summed E-state index contributed by atoms with van der Waals surface area (Å²) in [6.07, 6.45) is 2.49. The van der Waals surface area contributed by atoms with Crippen LogP contribution >= 0.6 is 0 Å². The fraction of sp³-hybridized carbons (Fsp3) is 0.316. The Kier molecular flexibility index (Phi) is 6.99. The summed E-state index contributed by atoms with van der Waals surface area (Å²) in [6, 6.07) is 12.8. The maximum atomic E-state index is 12.1. The molecule has 0 spiro atoms. The van der Waals surface area contributed by atoms with Crippen molar-refractivity contribution in [2.45, 2.75) is 26.2 Å². The van der Waals surface area contributed by atoms with E-state index in [9.17, 15) is 25.0 Å². The predicted octanol–water partition coefficient (Wildman–Crippen LogP) is 4.32. The lowest BCUT2D eigenvalue weighted by molar-refractivity contribution is -0.394. The van der Waals surface area contributed by atoms with Gasteiger partial charge < -0.3 is 4.74 Å². The number of hydrogen-bond donors (Lipinski definition) is 0. The van der Waals surface area contributed by atoms with Crippen LogP contribution in [0.1, 0.15) is 35.7 Å². The van der Waals surface area contributed by atoms with Crippen LogP contribution < -0.4 is 0 Å². The maximum Gasteiger partial charge on any atom is 0.338 e. The molecule has 142 valence electrons. The van der Waals surface area contributed by atoms with E-state index in [2.05, 4.69) is 19.1 Å². The third kappa shape index (κ3) is 6.18. The fourth-order valence-corrected chi connectivity index (χ4v) is 2.56. The second-order valence-corrected chi connectivity index (χ2v) is 6.31. The molecular formula is C19H20N2O6. The molecule has 0 amide bonds. The quantitative estimate of drug-likeness (QED) is 0.368. The van der Waals surface area contributed by atoms with Gasteiger partial charge in [-0.15, -0.1) is 0 Å². The topological polar surface area (TPSA) is 113 Å². The molecule has 0 aromatic heterocycles. The van der Waals surface area contributed by atoms with Crippen LogP contribution in [0.25, 0.3) is 0 Å². The fourth-order valence-electron chi connectivity index (χ4n) is 2.56. The van der Waals surface area contributed by atoms with Gasteiger partial charge in [0, 0.05) is 12.1 Å². The second kappa shape index (κ2) is 9.42. The molecule has 0 radical (unpaired) electrons. The van der Waals surface area contributed by atoms with Crippen molar-refractivity contribution in [1.82, 2.24) is 0 Å². The Morgan fingerprint density at radius 2 is 1.59 bits per heavy atom. The van der Waals surface area contributed by atoms with Crippen LogP contribution in [0, 0.1) is 26.1 Å². The van der Waals surface area contributed by atoms with Crippen molar-refractivity contribution in [1.29, 1.82) is 0 Å². The van der Waals surface area contributed by atoms with Crippen molar-refractivity contribution in [3.8, 4) is 0 Å². The van der Waals surface area contributed by atoms with E-state index in [4.69, 9.17) is 4.74 Å². The zero-order valence-corrected chi connectivity index (χ0v) is 14.9. The zero-order chi connectivity index (χ0) is 19.8. The number of ether oxygens (including phenoxy) is 1. The molecule has 8 heteroatoms. The monoisotopic (exact) mass is 372 g/mol. The summed E-state index contributed by atoms with van der Waals surface area (Å²) in [6.45, 7) is 2.19. The Hall–Kier alpha value is -3.29. The van der Waals surface area contributed by atoms with Crippen molar-refractivity contribution < 1.29 is 19.4 Å². The maximum absolute atomic E-state index is 12.1. The molecule has 0 saturated carbocycles. The molecule has 0 bridgehead atoms. The van der Waals surface area contributed by atoms with E-state index in [0.717, 1.165) is 31.0 Å². The minimum atomic E-state index is -0.808. The molecule has 0 unspecified atom stereocenters. The molecule has 27 heavy (non-hydrogen) atoms. The number of hydrogen-bond acceptors (Lipinski definition) is 6. The van der Waals surface area contributed by atoms with Crippen LogP contribution in [0.15, 0.2) is 48.5 Å². The molecule has 8 nitrogen and oxygen atoms in total. The lowest BCUT2D eigenvalue weighted by Crippen LogP contribution is -2.10.